The van der Waals surface area contributed by atoms with Crippen LogP contribution in [0.3, 0.4) is 0 Å². The van der Waals surface area contributed by atoms with E-state index in [0.29, 0.717) is 40.1 Å². The second-order valence-electron chi connectivity index (χ2n) is 9.49. The Bertz CT molecular complexity index is 1830. The van der Waals surface area contributed by atoms with E-state index in [0.717, 1.165) is 10.3 Å². The number of amides is 1. The van der Waals surface area contributed by atoms with Gasteiger partial charge in [-0.05, 0) is 66.6 Å². The standard InChI is InChI=1S/C34H26N2O5S/c1-2-40-25-17-18-27-29(21-25)42-34(35-27)36-31(23-12-9-15-26(20-23)41-24-13-7-4-8-14-24)30(32(38)33(36)39)28(37)19-16-22-10-5-3-6-11-22/h3-21,31,38H,2H2,1H3. The van der Waals surface area contributed by atoms with Crippen molar-refractivity contribution in [3.05, 3.63) is 132 Å². The number of nitrogens with zero attached hydrogens (tertiary/aromatic N) is 2. The van der Waals surface area contributed by atoms with Crippen LogP contribution in [0.2, 0.25) is 0 Å². The van der Waals surface area contributed by atoms with Crippen molar-refractivity contribution >= 4 is 44.5 Å². The van der Waals surface area contributed by atoms with Gasteiger partial charge in [-0.3, -0.25) is 14.5 Å². The number of allylic oxidation sites excluding steroid dienone is 1. The molecule has 1 N–H and O–H groups in total. The number of benzene rings is 4. The maximum atomic E-state index is 13.7. The molecular formula is C34H26N2O5S. The van der Waals surface area contributed by atoms with E-state index < -0.39 is 23.5 Å². The van der Waals surface area contributed by atoms with Crippen molar-refractivity contribution < 1.29 is 24.2 Å². The highest BCUT2D eigenvalue weighted by Crippen LogP contribution is 2.44. The van der Waals surface area contributed by atoms with Crippen molar-refractivity contribution in [3.63, 3.8) is 0 Å². The molecule has 1 aromatic heterocycles. The number of aliphatic hydroxyl groups is 1. The fourth-order valence-electron chi connectivity index (χ4n) is 4.82. The van der Waals surface area contributed by atoms with Crippen molar-refractivity contribution in [1.82, 2.24) is 4.98 Å². The number of para-hydroxylation sites is 1. The Kier molecular flexibility index (Phi) is 7.53. The van der Waals surface area contributed by atoms with Crippen molar-refractivity contribution in [2.75, 3.05) is 11.5 Å². The summed E-state index contributed by atoms with van der Waals surface area (Å²) in [5.41, 5.74) is 2.05. The molecule has 5 aromatic rings. The highest BCUT2D eigenvalue weighted by atomic mass is 32.1. The van der Waals surface area contributed by atoms with Crippen LogP contribution >= 0.6 is 11.3 Å². The summed E-state index contributed by atoms with van der Waals surface area (Å²) in [6.45, 7) is 2.43. The summed E-state index contributed by atoms with van der Waals surface area (Å²) < 4.78 is 12.5. The Morgan fingerprint density at radius 2 is 1.67 bits per heavy atom. The van der Waals surface area contributed by atoms with Gasteiger partial charge in [0.1, 0.15) is 17.2 Å². The van der Waals surface area contributed by atoms with Gasteiger partial charge >= 0.3 is 0 Å². The molecule has 1 amide bonds. The maximum Gasteiger partial charge on any atom is 0.296 e. The molecule has 0 saturated carbocycles. The number of carbonyl (C=O) groups is 2. The molecule has 1 atom stereocenters. The number of fused-ring (bicyclic) bond motifs is 1. The number of carbonyl (C=O) groups excluding carboxylic acids is 2. The van der Waals surface area contributed by atoms with Crippen LogP contribution in [-0.4, -0.2) is 28.4 Å². The Morgan fingerprint density at radius 1 is 0.929 bits per heavy atom. The summed E-state index contributed by atoms with van der Waals surface area (Å²) in [5.74, 6) is 0.0753. The molecule has 1 unspecified atom stereocenters. The van der Waals surface area contributed by atoms with Gasteiger partial charge in [0.25, 0.3) is 5.91 Å². The van der Waals surface area contributed by atoms with E-state index in [-0.39, 0.29) is 5.57 Å². The molecule has 8 heteroatoms. The first-order chi connectivity index (χ1) is 20.5. The zero-order valence-corrected chi connectivity index (χ0v) is 23.5. The largest absolute Gasteiger partial charge is 0.503 e. The Labute approximate surface area is 246 Å². The molecule has 7 nitrogen and oxygen atoms in total. The smallest absolute Gasteiger partial charge is 0.296 e. The molecule has 0 spiro atoms. The average Bonchev–Trinajstić information content (AvgIpc) is 3.55. The van der Waals surface area contributed by atoms with Crippen molar-refractivity contribution in [2.24, 2.45) is 0 Å². The first kappa shape index (κ1) is 27.0. The van der Waals surface area contributed by atoms with Gasteiger partial charge in [0.05, 0.1) is 28.4 Å². The lowest BCUT2D eigenvalue weighted by Crippen LogP contribution is -2.30. The van der Waals surface area contributed by atoms with Gasteiger partial charge in [-0.25, -0.2) is 4.98 Å². The minimum atomic E-state index is -0.934. The second kappa shape index (κ2) is 11.7. The molecule has 0 aliphatic carbocycles. The molecule has 0 bridgehead atoms. The number of hydrogen-bond acceptors (Lipinski definition) is 7. The SMILES string of the molecule is CCOc1ccc2nc(N3C(=O)C(O)=C(C(=O)C=Cc4ccccc4)C3c3cccc(Oc4ccccc4)c3)sc2c1. The molecule has 6 rings (SSSR count). The van der Waals surface area contributed by atoms with Gasteiger partial charge in [0, 0.05) is 0 Å². The van der Waals surface area contributed by atoms with Crippen LogP contribution in [-0.2, 0) is 9.59 Å². The fourth-order valence-corrected chi connectivity index (χ4v) is 5.84. The van der Waals surface area contributed by atoms with Crippen LogP contribution < -0.4 is 14.4 Å². The summed E-state index contributed by atoms with van der Waals surface area (Å²) in [7, 11) is 0. The maximum absolute atomic E-state index is 13.7. The normalized spacial score (nSPS) is 15.1. The Balaban J connectivity index is 1.43. The van der Waals surface area contributed by atoms with Crippen molar-refractivity contribution in [2.45, 2.75) is 13.0 Å². The average molecular weight is 575 g/mol. The van der Waals surface area contributed by atoms with E-state index in [2.05, 4.69) is 0 Å². The van der Waals surface area contributed by atoms with Crippen molar-refractivity contribution in [1.29, 1.82) is 0 Å². The molecular weight excluding hydrogens is 548 g/mol. The molecule has 1 aliphatic heterocycles. The fraction of sp³-hybridized carbons (Fsp3) is 0.0882. The van der Waals surface area contributed by atoms with Crippen LogP contribution in [0.25, 0.3) is 16.3 Å². The highest BCUT2D eigenvalue weighted by Gasteiger charge is 2.45. The topological polar surface area (TPSA) is 89.0 Å². The number of hydrogen-bond donors (Lipinski definition) is 1. The number of rotatable bonds is 9. The molecule has 0 fully saturated rings. The first-order valence-corrected chi connectivity index (χ1v) is 14.2. The molecule has 0 saturated heterocycles. The van der Waals surface area contributed by atoms with E-state index in [1.165, 1.54) is 22.3 Å². The third-order valence-electron chi connectivity index (χ3n) is 6.72. The highest BCUT2D eigenvalue weighted by molar-refractivity contribution is 7.22. The lowest BCUT2D eigenvalue weighted by Gasteiger charge is -2.24. The second-order valence-corrected chi connectivity index (χ2v) is 10.5. The van der Waals surface area contributed by atoms with E-state index in [1.807, 2.05) is 85.8 Å². The third kappa shape index (κ3) is 5.40. The van der Waals surface area contributed by atoms with Gasteiger partial charge in [0.15, 0.2) is 16.7 Å². The predicted molar refractivity (Wildman–Crippen MR) is 164 cm³/mol. The van der Waals surface area contributed by atoms with Crippen LogP contribution in [0.1, 0.15) is 24.1 Å². The van der Waals surface area contributed by atoms with E-state index >= 15 is 0 Å². The number of ether oxygens (including phenoxy) is 2. The van der Waals surface area contributed by atoms with Gasteiger partial charge in [-0.2, -0.15) is 0 Å². The van der Waals surface area contributed by atoms with Gasteiger partial charge < -0.3 is 14.6 Å². The van der Waals surface area contributed by atoms with E-state index in [9.17, 15) is 14.7 Å². The molecule has 4 aromatic carbocycles. The Morgan fingerprint density at radius 3 is 2.43 bits per heavy atom. The number of aromatic nitrogens is 1. The molecule has 1 aliphatic rings. The zero-order valence-electron chi connectivity index (χ0n) is 22.6. The van der Waals surface area contributed by atoms with Crippen LogP contribution in [0.15, 0.2) is 121 Å². The molecule has 208 valence electrons. The molecule has 42 heavy (non-hydrogen) atoms. The summed E-state index contributed by atoms with van der Waals surface area (Å²) >= 11 is 1.29. The first-order valence-electron chi connectivity index (χ1n) is 13.4. The van der Waals surface area contributed by atoms with Crippen molar-refractivity contribution in [3.8, 4) is 17.2 Å². The lowest BCUT2D eigenvalue weighted by atomic mass is 9.95. The van der Waals surface area contributed by atoms with Gasteiger partial charge in [0.2, 0.25) is 0 Å². The third-order valence-corrected chi connectivity index (χ3v) is 7.74. The summed E-state index contributed by atoms with van der Waals surface area (Å²) in [5, 5.41) is 11.5. The van der Waals surface area contributed by atoms with E-state index in [1.54, 1.807) is 30.3 Å². The van der Waals surface area contributed by atoms with Crippen LogP contribution in [0.5, 0.6) is 17.2 Å². The summed E-state index contributed by atoms with van der Waals surface area (Å²) in [4.78, 5) is 33.4. The number of anilines is 1. The lowest BCUT2D eigenvalue weighted by molar-refractivity contribution is -0.117. The zero-order chi connectivity index (χ0) is 29.1. The van der Waals surface area contributed by atoms with Crippen LogP contribution in [0.4, 0.5) is 5.13 Å². The molecule has 0 radical (unpaired) electrons. The number of ketones is 1. The molecule has 2 heterocycles. The quantitative estimate of drug-likeness (QED) is 0.182. The number of thiazole rings is 1. The summed E-state index contributed by atoms with van der Waals surface area (Å²) in [6, 6.07) is 30.4. The predicted octanol–water partition coefficient (Wildman–Crippen LogP) is 7.67. The number of aliphatic hydroxyl groups excluding tert-OH is 1. The Hall–Kier alpha value is -5.21. The summed E-state index contributed by atoms with van der Waals surface area (Å²) in [6.07, 6.45) is 3.04. The van der Waals surface area contributed by atoms with E-state index in [4.69, 9.17) is 14.5 Å². The minimum absolute atomic E-state index is 0.0293. The minimum Gasteiger partial charge on any atom is -0.503 e. The monoisotopic (exact) mass is 574 g/mol. The van der Waals surface area contributed by atoms with Crippen LogP contribution in [0, 0.1) is 0 Å². The van der Waals surface area contributed by atoms with Gasteiger partial charge in [-0.1, -0.05) is 78.1 Å². The van der Waals surface area contributed by atoms with Gasteiger partial charge in [-0.15, -0.1) is 0 Å².